The molecule has 0 spiro atoms. The molecule has 0 bridgehead atoms. The zero-order chi connectivity index (χ0) is 26.7. The van der Waals surface area contributed by atoms with Crippen LogP contribution in [0.25, 0.3) is 11.2 Å². The highest BCUT2D eigenvalue weighted by Crippen LogP contribution is 2.30. The van der Waals surface area contributed by atoms with Crippen LogP contribution in [0.5, 0.6) is 5.75 Å². The van der Waals surface area contributed by atoms with E-state index in [2.05, 4.69) is 10.3 Å². The molecule has 0 radical (unpaired) electrons. The summed E-state index contributed by atoms with van der Waals surface area (Å²) in [6, 6.07) is 12.9. The van der Waals surface area contributed by atoms with Crippen molar-refractivity contribution in [3.63, 3.8) is 0 Å². The summed E-state index contributed by atoms with van der Waals surface area (Å²) in [7, 11) is 1.63. The lowest BCUT2D eigenvalue weighted by molar-refractivity contribution is -0.137. The minimum Gasteiger partial charge on any atom is -0.497 e. The van der Waals surface area contributed by atoms with Crippen molar-refractivity contribution in [3.05, 3.63) is 71.5 Å². The monoisotopic (exact) mass is 526 g/mol. The number of hydrogen-bond donors (Lipinski definition) is 2. The van der Waals surface area contributed by atoms with Crippen LogP contribution in [0.3, 0.4) is 0 Å². The molecule has 1 unspecified atom stereocenters. The van der Waals surface area contributed by atoms with Gasteiger partial charge < -0.3 is 24.6 Å². The first-order valence-corrected chi connectivity index (χ1v) is 12.5. The second-order valence-corrected chi connectivity index (χ2v) is 9.31. The molecule has 1 saturated heterocycles. The van der Waals surface area contributed by atoms with Gasteiger partial charge in [0.1, 0.15) is 5.75 Å². The van der Waals surface area contributed by atoms with Crippen molar-refractivity contribution in [2.45, 2.75) is 38.0 Å². The van der Waals surface area contributed by atoms with Gasteiger partial charge in [-0.1, -0.05) is 24.3 Å². The van der Waals surface area contributed by atoms with E-state index in [1.807, 2.05) is 33.7 Å². The second kappa shape index (κ2) is 10.9. The molecule has 200 valence electrons. The maximum absolute atomic E-state index is 13.0. The molecule has 38 heavy (non-hydrogen) atoms. The predicted molar refractivity (Wildman–Crippen MR) is 139 cm³/mol. The molecule has 4 aromatic rings. The molecule has 3 heterocycles. The molecule has 1 fully saturated rings. The molecule has 11 heteroatoms. The third kappa shape index (κ3) is 5.52. The molecule has 2 aromatic heterocycles. The molecular weight excluding hydrogens is 497 g/mol. The number of halogens is 3. The highest BCUT2D eigenvalue weighted by Gasteiger charge is 2.30. The molecule has 1 aliphatic heterocycles. The Hall–Kier alpha value is -3.86. The quantitative estimate of drug-likeness (QED) is 0.332. The first-order chi connectivity index (χ1) is 18.4. The van der Waals surface area contributed by atoms with E-state index in [9.17, 15) is 18.3 Å². The van der Waals surface area contributed by atoms with E-state index in [1.54, 1.807) is 13.4 Å². The Morgan fingerprint density at radius 3 is 2.47 bits per heavy atom. The summed E-state index contributed by atoms with van der Waals surface area (Å²) in [6.07, 6.45) is -0.225. The van der Waals surface area contributed by atoms with Crippen LogP contribution in [0.15, 0.2) is 54.9 Å². The topological polar surface area (TPSA) is 88.3 Å². The lowest BCUT2D eigenvalue weighted by Crippen LogP contribution is -2.33. The van der Waals surface area contributed by atoms with Gasteiger partial charge in [-0.05, 0) is 54.7 Å². The highest BCUT2D eigenvalue weighted by molar-refractivity contribution is 5.84. The maximum atomic E-state index is 13.0. The maximum Gasteiger partial charge on any atom is 0.416 e. The lowest BCUT2D eigenvalue weighted by atomic mass is 10.1. The average molecular weight is 527 g/mol. The first-order valence-electron chi connectivity index (χ1n) is 12.5. The molecule has 8 nitrogen and oxygen atoms in total. The van der Waals surface area contributed by atoms with Crippen LogP contribution in [0.4, 0.5) is 24.9 Å². The number of hydrogen-bond acceptors (Lipinski definition) is 7. The van der Waals surface area contributed by atoms with Gasteiger partial charge >= 0.3 is 6.18 Å². The summed E-state index contributed by atoms with van der Waals surface area (Å²) in [5, 5.41) is 13.2. The molecule has 2 N–H and O–H groups in total. The number of aromatic nitrogens is 4. The molecule has 1 atom stereocenters. The number of ether oxygens (including phenoxy) is 1. The second-order valence-electron chi connectivity index (χ2n) is 9.31. The summed E-state index contributed by atoms with van der Waals surface area (Å²) in [6.45, 7) is 1.65. The van der Waals surface area contributed by atoms with Gasteiger partial charge in [0, 0.05) is 13.1 Å². The van der Waals surface area contributed by atoms with Gasteiger partial charge in [0.25, 0.3) is 0 Å². The van der Waals surface area contributed by atoms with Crippen LogP contribution >= 0.6 is 0 Å². The number of imidazole rings is 1. The zero-order valence-electron chi connectivity index (χ0n) is 20.9. The SMILES string of the molecule is COc1ccc(CCNc2nc(N3CCCC3CO)nc3c2ncn3Cc2ccc(C(F)(F)F)cc2)cc1. The van der Waals surface area contributed by atoms with Gasteiger partial charge in [0.15, 0.2) is 17.0 Å². The van der Waals surface area contributed by atoms with Gasteiger partial charge in [0.2, 0.25) is 5.95 Å². The summed E-state index contributed by atoms with van der Waals surface area (Å²) >= 11 is 0. The Morgan fingerprint density at radius 1 is 1.05 bits per heavy atom. The Morgan fingerprint density at radius 2 is 1.79 bits per heavy atom. The van der Waals surface area contributed by atoms with Crippen LogP contribution in [-0.4, -0.2) is 57.5 Å². The molecular formula is C27H29F3N6O2. The van der Waals surface area contributed by atoms with E-state index in [-0.39, 0.29) is 12.6 Å². The van der Waals surface area contributed by atoms with Crippen molar-refractivity contribution in [2.24, 2.45) is 0 Å². The van der Waals surface area contributed by atoms with Crippen molar-refractivity contribution >= 4 is 22.9 Å². The van der Waals surface area contributed by atoms with Crippen molar-refractivity contribution in [1.29, 1.82) is 0 Å². The molecule has 0 aliphatic carbocycles. The predicted octanol–water partition coefficient (Wildman–Crippen LogP) is 4.52. The number of nitrogens with one attached hydrogen (secondary N) is 1. The van der Waals surface area contributed by atoms with Gasteiger partial charge in [-0.2, -0.15) is 23.1 Å². The number of nitrogens with zero attached hydrogens (tertiary/aromatic N) is 5. The smallest absolute Gasteiger partial charge is 0.416 e. The number of benzene rings is 2. The van der Waals surface area contributed by atoms with E-state index in [0.717, 1.165) is 49.3 Å². The van der Waals surface area contributed by atoms with Crippen LogP contribution in [-0.2, 0) is 19.1 Å². The normalized spacial score (nSPS) is 15.8. The van der Waals surface area contributed by atoms with E-state index in [0.29, 0.717) is 41.6 Å². The van der Waals surface area contributed by atoms with Crippen molar-refractivity contribution in [3.8, 4) is 5.75 Å². The Labute approximate surface area is 218 Å². The number of anilines is 2. The van der Waals surface area contributed by atoms with Gasteiger partial charge in [-0.25, -0.2) is 4.98 Å². The van der Waals surface area contributed by atoms with Gasteiger partial charge in [-0.3, -0.25) is 0 Å². The molecule has 5 rings (SSSR count). The minimum atomic E-state index is -4.38. The summed E-state index contributed by atoms with van der Waals surface area (Å²) < 4.78 is 46.0. The number of methoxy groups -OCH3 is 1. The van der Waals surface area contributed by atoms with Crippen molar-refractivity contribution in [2.75, 3.05) is 37.0 Å². The first kappa shape index (κ1) is 25.8. The average Bonchev–Trinajstić information content (AvgIpc) is 3.56. The highest BCUT2D eigenvalue weighted by atomic mass is 19.4. The summed E-state index contributed by atoms with van der Waals surface area (Å²) in [5.41, 5.74) is 2.30. The largest absolute Gasteiger partial charge is 0.497 e. The number of aliphatic hydroxyl groups is 1. The Balaban J connectivity index is 1.42. The fraction of sp³-hybridized carbons (Fsp3) is 0.370. The van der Waals surface area contributed by atoms with E-state index >= 15 is 0 Å². The fourth-order valence-corrected chi connectivity index (χ4v) is 4.70. The van der Waals surface area contributed by atoms with Crippen LogP contribution in [0, 0.1) is 0 Å². The molecule has 0 saturated carbocycles. The van der Waals surface area contributed by atoms with Gasteiger partial charge in [0.05, 0.1) is 38.2 Å². The number of alkyl halides is 3. The number of rotatable bonds is 9. The van der Waals surface area contributed by atoms with E-state index < -0.39 is 11.7 Å². The summed E-state index contributed by atoms with van der Waals surface area (Å²) in [5.74, 6) is 1.87. The third-order valence-electron chi connectivity index (χ3n) is 6.80. The van der Waals surface area contributed by atoms with E-state index in [1.165, 1.54) is 12.1 Å². The van der Waals surface area contributed by atoms with Crippen molar-refractivity contribution < 1.29 is 23.0 Å². The zero-order valence-corrected chi connectivity index (χ0v) is 20.9. The van der Waals surface area contributed by atoms with Crippen molar-refractivity contribution in [1.82, 2.24) is 19.5 Å². The fourth-order valence-electron chi connectivity index (χ4n) is 4.70. The lowest BCUT2D eigenvalue weighted by Gasteiger charge is -2.23. The Kier molecular flexibility index (Phi) is 7.37. The molecule has 1 aliphatic rings. The van der Waals surface area contributed by atoms with E-state index in [4.69, 9.17) is 14.7 Å². The minimum absolute atomic E-state index is 0.00639. The third-order valence-corrected chi connectivity index (χ3v) is 6.80. The molecule has 0 amide bonds. The number of aliphatic hydroxyl groups excluding tert-OH is 1. The van der Waals surface area contributed by atoms with Crippen LogP contribution in [0.1, 0.15) is 29.5 Å². The van der Waals surface area contributed by atoms with Crippen LogP contribution < -0.4 is 15.0 Å². The van der Waals surface area contributed by atoms with Gasteiger partial charge in [-0.15, -0.1) is 0 Å². The number of fused-ring (bicyclic) bond motifs is 1. The Bertz CT molecular complexity index is 1370. The van der Waals surface area contributed by atoms with Crippen LogP contribution in [0.2, 0.25) is 0 Å². The summed E-state index contributed by atoms with van der Waals surface area (Å²) in [4.78, 5) is 16.1. The molecule has 2 aromatic carbocycles. The standard InChI is InChI=1S/C27H29F3N6O2/c1-38-22-10-6-18(7-11-22)12-13-31-24-23-25(34-26(33-24)36-14-2-3-21(36)16-37)35(17-32-23)15-19-4-8-20(9-5-19)27(28,29)30/h4-11,17,21,37H,2-3,12-16H2,1H3,(H,31,33,34).